The maximum atomic E-state index is 2.50. The maximum absolute atomic E-state index is 2.50. The molecule has 2 aliphatic carbocycles. The summed E-state index contributed by atoms with van der Waals surface area (Å²) in [6.45, 7) is 7.32. The van der Waals surface area contributed by atoms with Gasteiger partial charge < -0.3 is 0 Å². The van der Waals surface area contributed by atoms with Crippen LogP contribution >= 0.6 is 0 Å². The fraction of sp³-hybridized carbons (Fsp3) is 1.00. The van der Waals surface area contributed by atoms with E-state index in [4.69, 9.17) is 0 Å². The van der Waals surface area contributed by atoms with Crippen LogP contribution in [-0.4, -0.2) is 0 Å². The molecule has 0 bridgehead atoms. The Hall–Kier alpha value is 0. The van der Waals surface area contributed by atoms with Crippen LogP contribution in [0.15, 0.2) is 0 Å². The standard InChI is InChI=1S/C10H18/c1-7-6-9(7)10(3)5-4-8(10)2/h7-9H,4-6H2,1-3H3. The lowest BCUT2D eigenvalue weighted by atomic mass is 9.59. The van der Waals surface area contributed by atoms with E-state index in [0.29, 0.717) is 0 Å². The van der Waals surface area contributed by atoms with E-state index in [-0.39, 0.29) is 0 Å². The molecule has 0 heteroatoms. The quantitative estimate of drug-likeness (QED) is 0.522. The van der Waals surface area contributed by atoms with Gasteiger partial charge in [-0.2, -0.15) is 0 Å². The lowest BCUT2D eigenvalue weighted by molar-refractivity contribution is 0.0344. The molecular formula is C10H18. The van der Waals surface area contributed by atoms with Gasteiger partial charge in [0.25, 0.3) is 0 Å². The molecule has 0 radical (unpaired) electrons. The van der Waals surface area contributed by atoms with E-state index in [1.807, 2.05) is 0 Å². The van der Waals surface area contributed by atoms with Crippen LogP contribution in [0, 0.1) is 23.2 Å². The topological polar surface area (TPSA) is 0 Å². The van der Waals surface area contributed by atoms with Crippen LogP contribution in [-0.2, 0) is 0 Å². The molecule has 0 N–H and O–H groups in total. The predicted molar refractivity (Wildman–Crippen MR) is 43.8 cm³/mol. The van der Waals surface area contributed by atoms with Crippen molar-refractivity contribution in [1.82, 2.24) is 0 Å². The van der Waals surface area contributed by atoms with Gasteiger partial charge in [-0.3, -0.25) is 0 Å². The Kier molecular flexibility index (Phi) is 1.19. The van der Waals surface area contributed by atoms with Crippen molar-refractivity contribution in [2.24, 2.45) is 23.2 Å². The van der Waals surface area contributed by atoms with Gasteiger partial charge in [0.1, 0.15) is 0 Å². The zero-order valence-corrected chi connectivity index (χ0v) is 7.35. The average Bonchev–Trinajstić information content (AvgIpc) is 2.62. The van der Waals surface area contributed by atoms with Crippen molar-refractivity contribution < 1.29 is 0 Å². The van der Waals surface area contributed by atoms with E-state index in [1.54, 1.807) is 0 Å². The third-order valence-corrected chi connectivity index (χ3v) is 4.20. The summed E-state index contributed by atoms with van der Waals surface area (Å²) in [4.78, 5) is 0. The second kappa shape index (κ2) is 1.78. The molecule has 0 aromatic carbocycles. The fourth-order valence-electron chi connectivity index (χ4n) is 2.68. The summed E-state index contributed by atoms with van der Waals surface area (Å²) in [5, 5.41) is 0. The van der Waals surface area contributed by atoms with E-state index in [2.05, 4.69) is 20.8 Å². The Morgan fingerprint density at radius 1 is 1.30 bits per heavy atom. The van der Waals surface area contributed by atoms with E-state index in [0.717, 1.165) is 23.2 Å². The van der Waals surface area contributed by atoms with Gasteiger partial charge in [0.05, 0.1) is 0 Å². The van der Waals surface area contributed by atoms with Gasteiger partial charge in [0.15, 0.2) is 0 Å². The van der Waals surface area contributed by atoms with Crippen molar-refractivity contribution in [1.29, 1.82) is 0 Å². The molecule has 10 heavy (non-hydrogen) atoms. The molecule has 4 atom stereocenters. The van der Waals surface area contributed by atoms with Gasteiger partial charge in [-0.05, 0) is 42.4 Å². The van der Waals surface area contributed by atoms with Gasteiger partial charge in [-0.1, -0.05) is 20.8 Å². The first-order chi connectivity index (χ1) is 4.64. The predicted octanol–water partition coefficient (Wildman–Crippen LogP) is 3.08. The van der Waals surface area contributed by atoms with E-state index in [9.17, 15) is 0 Å². The van der Waals surface area contributed by atoms with Crippen molar-refractivity contribution in [3.8, 4) is 0 Å². The molecule has 0 heterocycles. The maximum Gasteiger partial charge on any atom is -0.0269 e. The summed E-state index contributed by atoms with van der Waals surface area (Å²) in [7, 11) is 0. The minimum atomic E-state index is 0.763. The Balaban J connectivity index is 2.02. The SMILES string of the molecule is CC1CC1C1(C)CCC1C. The van der Waals surface area contributed by atoms with Crippen LogP contribution in [0.4, 0.5) is 0 Å². The van der Waals surface area contributed by atoms with E-state index < -0.39 is 0 Å². The highest BCUT2D eigenvalue weighted by atomic mass is 14.6. The summed E-state index contributed by atoms with van der Waals surface area (Å²) in [6, 6.07) is 0. The molecule has 2 aliphatic rings. The van der Waals surface area contributed by atoms with E-state index in [1.165, 1.54) is 19.3 Å². The van der Waals surface area contributed by atoms with Crippen molar-refractivity contribution in [3.63, 3.8) is 0 Å². The third kappa shape index (κ3) is 0.681. The minimum Gasteiger partial charge on any atom is -0.0622 e. The Morgan fingerprint density at radius 3 is 2.00 bits per heavy atom. The molecule has 4 unspecified atom stereocenters. The highest BCUT2D eigenvalue weighted by Crippen LogP contribution is 2.62. The highest BCUT2D eigenvalue weighted by molar-refractivity contribution is 5.03. The number of rotatable bonds is 1. The first kappa shape index (κ1) is 6.69. The smallest absolute Gasteiger partial charge is 0.0269 e. The van der Waals surface area contributed by atoms with Crippen LogP contribution in [0.2, 0.25) is 0 Å². The summed E-state index contributed by atoms with van der Waals surface area (Å²) in [5.41, 5.74) is 0.763. The minimum absolute atomic E-state index is 0.763. The first-order valence-corrected chi connectivity index (χ1v) is 4.64. The Bertz CT molecular complexity index is 150. The second-order valence-corrected chi connectivity index (χ2v) is 4.77. The normalized spacial score (nSPS) is 59.7. The highest BCUT2D eigenvalue weighted by Gasteiger charge is 2.53. The molecule has 2 fully saturated rings. The van der Waals surface area contributed by atoms with Gasteiger partial charge in [0.2, 0.25) is 0 Å². The summed E-state index contributed by atoms with van der Waals surface area (Å²) >= 11 is 0. The molecule has 0 saturated heterocycles. The second-order valence-electron chi connectivity index (χ2n) is 4.77. The molecule has 0 aliphatic heterocycles. The molecule has 0 nitrogen and oxygen atoms in total. The van der Waals surface area contributed by atoms with Crippen molar-refractivity contribution in [2.75, 3.05) is 0 Å². The van der Waals surface area contributed by atoms with Crippen LogP contribution in [0.1, 0.15) is 40.0 Å². The molecule has 0 aromatic rings. The van der Waals surface area contributed by atoms with Gasteiger partial charge in [-0.25, -0.2) is 0 Å². The molecule has 2 saturated carbocycles. The molecule has 0 aromatic heterocycles. The van der Waals surface area contributed by atoms with Crippen molar-refractivity contribution in [3.05, 3.63) is 0 Å². The lowest BCUT2D eigenvalue weighted by Gasteiger charge is -2.46. The Morgan fingerprint density at radius 2 is 1.90 bits per heavy atom. The fourth-order valence-corrected chi connectivity index (χ4v) is 2.68. The van der Waals surface area contributed by atoms with Crippen LogP contribution < -0.4 is 0 Å². The summed E-state index contributed by atoms with van der Waals surface area (Å²) in [5.74, 6) is 3.16. The molecular weight excluding hydrogens is 120 g/mol. The summed E-state index contributed by atoms with van der Waals surface area (Å²) < 4.78 is 0. The van der Waals surface area contributed by atoms with Gasteiger partial charge >= 0.3 is 0 Å². The first-order valence-electron chi connectivity index (χ1n) is 4.64. The van der Waals surface area contributed by atoms with Gasteiger partial charge in [-0.15, -0.1) is 0 Å². The van der Waals surface area contributed by atoms with Crippen molar-refractivity contribution >= 4 is 0 Å². The number of hydrogen-bond donors (Lipinski definition) is 0. The molecule has 2 rings (SSSR count). The largest absolute Gasteiger partial charge is 0.0622 e. The number of hydrogen-bond acceptors (Lipinski definition) is 0. The van der Waals surface area contributed by atoms with Crippen LogP contribution in [0.3, 0.4) is 0 Å². The van der Waals surface area contributed by atoms with Crippen molar-refractivity contribution in [2.45, 2.75) is 40.0 Å². The van der Waals surface area contributed by atoms with E-state index >= 15 is 0 Å². The lowest BCUT2D eigenvalue weighted by Crippen LogP contribution is -2.37. The average molecular weight is 138 g/mol. The van der Waals surface area contributed by atoms with Gasteiger partial charge in [0, 0.05) is 0 Å². The third-order valence-electron chi connectivity index (χ3n) is 4.20. The monoisotopic (exact) mass is 138 g/mol. The van der Waals surface area contributed by atoms with Crippen LogP contribution in [0.25, 0.3) is 0 Å². The molecule has 0 spiro atoms. The zero-order valence-electron chi connectivity index (χ0n) is 7.35. The molecule has 58 valence electrons. The Labute approximate surface area is 64.0 Å². The molecule has 0 amide bonds. The zero-order chi connectivity index (χ0) is 7.35. The summed E-state index contributed by atoms with van der Waals surface area (Å²) in [6.07, 6.45) is 4.50. The van der Waals surface area contributed by atoms with Crippen LogP contribution in [0.5, 0.6) is 0 Å².